The molecule has 2 aliphatic rings. The first kappa shape index (κ1) is 18.5. The van der Waals surface area contributed by atoms with Crippen LogP contribution in [0.4, 0.5) is 0 Å². The summed E-state index contributed by atoms with van der Waals surface area (Å²) in [4.78, 5) is 12.4. The molecule has 0 aromatic heterocycles. The molecule has 0 unspecified atom stereocenters. The first-order valence-electron chi connectivity index (χ1n) is 8.25. The van der Waals surface area contributed by atoms with E-state index in [9.17, 15) is 9.90 Å². The van der Waals surface area contributed by atoms with Gasteiger partial charge in [-0.2, -0.15) is 0 Å². The van der Waals surface area contributed by atoms with Crippen LogP contribution in [0.15, 0.2) is 51.7 Å². The number of methoxy groups -OCH3 is 2. The third kappa shape index (κ3) is 2.66. The molecular formula is C21H14Cl2O5. The van der Waals surface area contributed by atoms with E-state index in [2.05, 4.69) is 0 Å². The van der Waals surface area contributed by atoms with Crippen LogP contribution in [0.1, 0.15) is 0 Å². The maximum Gasteiger partial charge on any atom is 0.242 e. The molecule has 0 radical (unpaired) electrons. The summed E-state index contributed by atoms with van der Waals surface area (Å²) in [6.45, 7) is 0. The van der Waals surface area contributed by atoms with Crippen molar-refractivity contribution in [3.8, 4) is 39.7 Å². The summed E-state index contributed by atoms with van der Waals surface area (Å²) in [5.41, 5.74) is 1.83. The zero-order valence-corrected chi connectivity index (χ0v) is 16.4. The molecule has 0 saturated heterocycles. The fourth-order valence-corrected chi connectivity index (χ4v) is 3.70. The fourth-order valence-electron chi connectivity index (χ4n) is 3.23. The van der Waals surface area contributed by atoms with Gasteiger partial charge >= 0.3 is 0 Å². The standard InChI is InChI=1S/C21H14Cl2O5/c1-26-13-8-11-15(10-6-4-3-5-7-10)12-9-14(27-2)19(25)17(23)21(12)28-20(11)16(22)18(13)24/h3-9,24H,1-2H3. The number of ether oxygens (including phenoxy) is 2. The van der Waals surface area contributed by atoms with Crippen LogP contribution in [0, 0.1) is 0 Å². The van der Waals surface area contributed by atoms with Gasteiger partial charge in [0.15, 0.2) is 28.6 Å². The van der Waals surface area contributed by atoms with E-state index in [-0.39, 0.29) is 38.6 Å². The second-order valence-corrected chi connectivity index (χ2v) is 6.82. The van der Waals surface area contributed by atoms with Crippen molar-refractivity contribution in [3.63, 3.8) is 0 Å². The molecule has 1 heterocycles. The first-order valence-corrected chi connectivity index (χ1v) is 9.01. The van der Waals surface area contributed by atoms with Gasteiger partial charge in [-0.3, -0.25) is 4.79 Å². The molecule has 0 bridgehead atoms. The summed E-state index contributed by atoms with van der Waals surface area (Å²) in [5.74, 6) is 0.194. The van der Waals surface area contributed by atoms with Crippen LogP contribution in [0.25, 0.3) is 33.4 Å². The van der Waals surface area contributed by atoms with Crippen LogP contribution in [0.5, 0.6) is 17.2 Å². The van der Waals surface area contributed by atoms with Crippen molar-refractivity contribution in [2.45, 2.75) is 0 Å². The highest BCUT2D eigenvalue weighted by Gasteiger charge is 2.26. The Labute approximate surface area is 170 Å². The lowest BCUT2D eigenvalue weighted by Crippen LogP contribution is -2.08. The molecule has 2 aromatic carbocycles. The maximum atomic E-state index is 12.4. The van der Waals surface area contributed by atoms with Gasteiger partial charge in [-0.05, 0) is 17.7 Å². The number of hydrogen-bond donors (Lipinski definition) is 1. The van der Waals surface area contributed by atoms with E-state index in [1.165, 1.54) is 14.2 Å². The quantitative estimate of drug-likeness (QED) is 0.440. The second kappa shape index (κ2) is 6.93. The molecule has 0 amide bonds. The third-order valence-corrected chi connectivity index (χ3v) is 5.24. The number of phenols is 1. The van der Waals surface area contributed by atoms with Crippen LogP contribution in [-0.4, -0.2) is 19.3 Å². The highest BCUT2D eigenvalue weighted by molar-refractivity contribution is 6.37. The molecule has 2 aromatic rings. The lowest BCUT2D eigenvalue weighted by Gasteiger charge is -2.18. The van der Waals surface area contributed by atoms with Crippen LogP contribution in [-0.2, 0) is 0 Å². The summed E-state index contributed by atoms with van der Waals surface area (Å²) in [6, 6.07) is 12.7. The number of fused-ring (bicyclic) bond motifs is 2. The van der Waals surface area contributed by atoms with Crippen molar-refractivity contribution in [2.24, 2.45) is 0 Å². The topological polar surface area (TPSA) is 68.9 Å². The largest absolute Gasteiger partial charge is 0.503 e. The van der Waals surface area contributed by atoms with E-state index in [0.29, 0.717) is 10.9 Å². The van der Waals surface area contributed by atoms with Crippen molar-refractivity contribution >= 4 is 34.2 Å². The number of aromatic hydroxyl groups is 1. The van der Waals surface area contributed by atoms with E-state index >= 15 is 0 Å². The van der Waals surface area contributed by atoms with E-state index in [4.69, 9.17) is 37.1 Å². The molecule has 0 atom stereocenters. The summed E-state index contributed by atoms with van der Waals surface area (Å²) in [5, 5.41) is 10.7. The van der Waals surface area contributed by atoms with Crippen LogP contribution >= 0.6 is 23.2 Å². The molecule has 1 aliphatic heterocycles. The second-order valence-electron chi connectivity index (χ2n) is 6.06. The molecule has 1 aliphatic carbocycles. The van der Waals surface area contributed by atoms with Crippen molar-refractivity contribution in [3.05, 3.63) is 62.7 Å². The number of hydrogen-bond acceptors (Lipinski definition) is 5. The van der Waals surface area contributed by atoms with Gasteiger partial charge in [-0.15, -0.1) is 0 Å². The third-order valence-electron chi connectivity index (χ3n) is 4.55. The Morgan fingerprint density at radius 1 is 0.964 bits per heavy atom. The highest BCUT2D eigenvalue weighted by atomic mass is 35.5. The molecule has 0 saturated carbocycles. The Bertz CT molecular complexity index is 1230. The molecule has 5 nitrogen and oxygen atoms in total. The molecule has 142 valence electrons. The summed E-state index contributed by atoms with van der Waals surface area (Å²) in [7, 11) is 2.83. The van der Waals surface area contributed by atoms with E-state index in [1.807, 2.05) is 30.3 Å². The zero-order valence-electron chi connectivity index (χ0n) is 14.9. The smallest absolute Gasteiger partial charge is 0.242 e. The van der Waals surface area contributed by atoms with Gasteiger partial charge in [-0.1, -0.05) is 53.5 Å². The predicted octanol–water partition coefficient (Wildman–Crippen LogP) is 5.59. The Morgan fingerprint density at radius 3 is 2.29 bits per heavy atom. The lowest BCUT2D eigenvalue weighted by atomic mass is 9.93. The lowest BCUT2D eigenvalue weighted by molar-refractivity contribution is 0.374. The zero-order chi connectivity index (χ0) is 20.0. The van der Waals surface area contributed by atoms with Gasteiger partial charge in [0.05, 0.1) is 14.2 Å². The SMILES string of the molecule is COc1cc2c(-c3ccccc3)c3cc(OC)c(=O)c(Cl)c-3oc2c(Cl)c1O. The average Bonchev–Trinajstić information content (AvgIpc) is 2.72. The summed E-state index contributed by atoms with van der Waals surface area (Å²) >= 11 is 12.7. The normalized spacial score (nSPS) is 11.1. The van der Waals surface area contributed by atoms with Gasteiger partial charge in [0.25, 0.3) is 0 Å². The maximum absolute atomic E-state index is 12.4. The molecule has 4 rings (SSSR count). The minimum Gasteiger partial charge on any atom is -0.503 e. The minimum atomic E-state index is -0.493. The Balaban J connectivity index is 2.30. The van der Waals surface area contributed by atoms with Gasteiger partial charge in [0.1, 0.15) is 10.0 Å². The van der Waals surface area contributed by atoms with Crippen molar-refractivity contribution in [2.75, 3.05) is 14.2 Å². The monoisotopic (exact) mass is 416 g/mol. The van der Waals surface area contributed by atoms with E-state index in [1.54, 1.807) is 12.1 Å². The first-order chi connectivity index (χ1) is 13.5. The Hall–Kier alpha value is -2.89. The predicted molar refractivity (Wildman–Crippen MR) is 109 cm³/mol. The number of halogens is 2. The molecule has 28 heavy (non-hydrogen) atoms. The summed E-state index contributed by atoms with van der Waals surface area (Å²) < 4.78 is 16.3. The van der Waals surface area contributed by atoms with Gasteiger partial charge in [0.2, 0.25) is 5.43 Å². The Kier molecular flexibility index (Phi) is 4.57. The van der Waals surface area contributed by atoms with Crippen LogP contribution in [0.2, 0.25) is 10.0 Å². The average molecular weight is 417 g/mol. The minimum absolute atomic E-state index is 0.0345. The van der Waals surface area contributed by atoms with Crippen LogP contribution < -0.4 is 14.9 Å². The molecule has 1 N–H and O–H groups in total. The molecular weight excluding hydrogens is 403 g/mol. The van der Waals surface area contributed by atoms with E-state index < -0.39 is 5.43 Å². The van der Waals surface area contributed by atoms with Crippen molar-refractivity contribution in [1.29, 1.82) is 0 Å². The number of phenolic OH excluding ortho intramolecular Hbond substituents is 1. The number of benzene rings is 3. The van der Waals surface area contributed by atoms with Gasteiger partial charge < -0.3 is 19.0 Å². The number of rotatable bonds is 3. The van der Waals surface area contributed by atoms with Crippen molar-refractivity contribution in [1.82, 2.24) is 0 Å². The van der Waals surface area contributed by atoms with Crippen LogP contribution in [0.3, 0.4) is 0 Å². The fraction of sp³-hybridized carbons (Fsp3) is 0.0952. The van der Waals surface area contributed by atoms with Gasteiger partial charge in [-0.25, -0.2) is 0 Å². The van der Waals surface area contributed by atoms with Gasteiger partial charge in [0, 0.05) is 16.5 Å². The Morgan fingerprint density at radius 2 is 1.64 bits per heavy atom. The van der Waals surface area contributed by atoms with E-state index in [0.717, 1.165) is 11.1 Å². The molecule has 0 fully saturated rings. The molecule has 7 heteroatoms. The highest BCUT2D eigenvalue weighted by Crippen LogP contribution is 2.49. The molecule has 0 spiro atoms. The summed E-state index contributed by atoms with van der Waals surface area (Å²) in [6.07, 6.45) is 0. The van der Waals surface area contributed by atoms with Crippen molar-refractivity contribution < 1.29 is 19.0 Å².